The van der Waals surface area contributed by atoms with E-state index < -0.39 is 23.7 Å². The van der Waals surface area contributed by atoms with Crippen molar-refractivity contribution in [2.24, 2.45) is 0 Å². The topological polar surface area (TPSA) is 96.5 Å². The number of ether oxygens (including phenoxy) is 1. The number of para-hydroxylation sites is 1. The van der Waals surface area contributed by atoms with Crippen LogP contribution >= 0.6 is 11.8 Å². The van der Waals surface area contributed by atoms with Gasteiger partial charge < -0.3 is 10.1 Å². The Balaban J connectivity index is 1.65. The molecule has 0 heterocycles. The predicted octanol–water partition coefficient (Wildman–Crippen LogP) is 2.42. The highest BCUT2D eigenvalue weighted by Gasteiger charge is 2.17. The molecule has 0 bridgehead atoms. The minimum Gasteiger partial charge on any atom is -0.478 e. The van der Waals surface area contributed by atoms with Crippen molar-refractivity contribution in [3.8, 4) is 5.75 Å². The second-order valence-electron chi connectivity index (χ2n) is 6.14. The van der Waals surface area contributed by atoms with Crippen LogP contribution in [0.3, 0.4) is 0 Å². The third kappa shape index (κ3) is 7.82. The molecule has 2 aromatic rings. The van der Waals surface area contributed by atoms with Crippen LogP contribution in [0.1, 0.15) is 12.5 Å². The van der Waals surface area contributed by atoms with E-state index in [2.05, 4.69) is 16.2 Å². The smallest absolute Gasteiger partial charge is 0.279 e. The number of thioether (sulfide) groups is 1. The van der Waals surface area contributed by atoms with E-state index in [1.54, 1.807) is 12.1 Å². The van der Waals surface area contributed by atoms with E-state index in [1.165, 1.54) is 25.1 Å². The average Bonchev–Trinajstić information content (AvgIpc) is 2.67. The van der Waals surface area contributed by atoms with Gasteiger partial charge in [0.15, 0.2) is 17.7 Å². The fourth-order valence-electron chi connectivity index (χ4n) is 2.21. The van der Waals surface area contributed by atoms with E-state index in [4.69, 9.17) is 4.74 Å². The molecule has 0 aliphatic heterocycles. The van der Waals surface area contributed by atoms with Crippen molar-refractivity contribution in [2.45, 2.75) is 20.0 Å². The zero-order valence-electron chi connectivity index (χ0n) is 16.0. The van der Waals surface area contributed by atoms with Crippen LogP contribution in [0.15, 0.2) is 48.5 Å². The Bertz CT molecular complexity index is 878. The molecule has 3 amide bonds. The van der Waals surface area contributed by atoms with E-state index >= 15 is 0 Å². The lowest BCUT2D eigenvalue weighted by atomic mass is 10.2. The Morgan fingerprint density at radius 3 is 2.48 bits per heavy atom. The van der Waals surface area contributed by atoms with Gasteiger partial charge in [-0.25, -0.2) is 4.39 Å². The molecule has 154 valence electrons. The molecular weight excluding hydrogens is 397 g/mol. The van der Waals surface area contributed by atoms with Crippen molar-refractivity contribution in [3.63, 3.8) is 0 Å². The van der Waals surface area contributed by atoms with Crippen LogP contribution in [0.5, 0.6) is 5.75 Å². The lowest BCUT2D eigenvalue weighted by Gasteiger charge is -2.15. The van der Waals surface area contributed by atoms with Gasteiger partial charge in [-0.15, -0.1) is 11.8 Å². The van der Waals surface area contributed by atoms with Gasteiger partial charge >= 0.3 is 0 Å². The first-order valence-corrected chi connectivity index (χ1v) is 9.95. The second kappa shape index (κ2) is 11.1. The monoisotopic (exact) mass is 419 g/mol. The Morgan fingerprint density at radius 1 is 1.03 bits per heavy atom. The molecule has 0 fully saturated rings. The molecule has 1 unspecified atom stereocenters. The first-order valence-electron chi connectivity index (χ1n) is 8.79. The van der Waals surface area contributed by atoms with Crippen LogP contribution in [0.25, 0.3) is 0 Å². The lowest BCUT2D eigenvalue weighted by Crippen LogP contribution is -2.47. The molecule has 0 radical (unpaired) electrons. The summed E-state index contributed by atoms with van der Waals surface area (Å²) in [6, 6.07) is 13.1. The first kappa shape index (κ1) is 22.2. The summed E-state index contributed by atoms with van der Waals surface area (Å²) in [7, 11) is 0. The van der Waals surface area contributed by atoms with Crippen molar-refractivity contribution < 1.29 is 23.5 Å². The molecule has 0 saturated carbocycles. The van der Waals surface area contributed by atoms with E-state index in [-0.39, 0.29) is 23.2 Å². The zero-order valence-corrected chi connectivity index (χ0v) is 16.8. The summed E-state index contributed by atoms with van der Waals surface area (Å²) in [5.41, 5.74) is 6.15. The number of rotatable bonds is 8. The number of hydrogen-bond donors (Lipinski definition) is 3. The van der Waals surface area contributed by atoms with Crippen LogP contribution in [0, 0.1) is 12.7 Å². The summed E-state index contributed by atoms with van der Waals surface area (Å²) in [6.07, 6.45) is -1.01. The van der Waals surface area contributed by atoms with Crippen LogP contribution in [0.2, 0.25) is 0 Å². The second-order valence-corrected chi connectivity index (χ2v) is 7.12. The molecule has 2 rings (SSSR count). The lowest BCUT2D eigenvalue weighted by molar-refractivity contribution is -0.132. The number of nitrogens with one attached hydrogen (secondary N) is 3. The van der Waals surface area contributed by atoms with Crippen molar-refractivity contribution in [1.82, 2.24) is 10.9 Å². The summed E-state index contributed by atoms with van der Waals surface area (Å²) in [5.74, 6) is -1.93. The Hall–Kier alpha value is -3.07. The quantitative estimate of drug-likeness (QED) is 0.571. The highest BCUT2D eigenvalue weighted by molar-refractivity contribution is 8.00. The van der Waals surface area contributed by atoms with E-state index in [9.17, 15) is 18.8 Å². The molecule has 0 spiro atoms. The molecule has 0 aromatic heterocycles. The van der Waals surface area contributed by atoms with Crippen molar-refractivity contribution in [2.75, 3.05) is 16.8 Å². The summed E-state index contributed by atoms with van der Waals surface area (Å²) in [4.78, 5) is 35.6. The number of anilines is 1. The largest absolute Gasteiger partial charge is 0.478 e. The van der Waals surface area contributed by atoms with Crippen LogP contribution in [-0.4, -0.2) is 35.3 Å². The Labute approximate surface area is 172 Å². The number of carbonyl (C=O) groups excluding carboxylic acids is 3. The number of aryl methyl sites for hydroxylation is 1. The molecule has 0 aliphatic carbocycles. The van der Waals surface area contributed by atoms with Gasteiger partial charge in [0.2, 0.25) is 11.8 Å². The average molecular weight is 419 g/mol. The molecule has 7 nitrogen and oxygen atoms in total. The van der Waals surface area contributed by atoms with Crippen molar-refractivity contribution in [1.29, 1.82) is 0 Å². The van der Waals surface area contributed by atoms with E-state index in [1.807, 2.05) is 25.1 Å². The number of hydrazine groups is 1. The van der Waals surface area contributed by atoms with Crippen molar-refractivity contribution in [3.05, 3.63) is 59.9 Å². The van der Waals surface area contributed by atoms with Crippen LogP contribution in [0.4, 0.5) is 10.1 Å². The Morgan fingerprint density at radius 2 is 1.76 bits per heavy atom. The number of hydrogen-bond acceptors (Lipinski definition) is 5. The van der Waals surface area contributed by atoms with Gasteiger partial charge in [-0.2, -0.15) is 0 Å². The van der Waals surface area contributed by atoms with Gasteiger partial charge in [0.05, 0.1) is 11.5 Å². The summed E-state index contributed by atoms with van der Waals surface area (Å²) in [6.45, 7) is 3.35. The molecular formula is C20H22FN3O4S. The van der Waals surface area contributed by atoms with Gasteiger partial charge in [-0.1, -0.05) is 24.3 Å². The first-order chi connectivity index (χ1) is 13.8. The van der Waals surface area contributed by atoms with Gasteiger partial charge in [0.1, 0.15) is 0 Å². The third-order valence-electron chi connectivity index (χ3n) is 3.60. The minimum atomic E-state index is -1.01. The van der Waals surface area contributed by atoms with Gasteiger partial charge in [-0.05, 0) is 43.7 Å². The highest BCUT2D eigenvalue weighted by Crippen LogP contribution is 2.17. The molecule has 3 N–H and O–H groups in total. The minimum absolute atomic E-state index is 0.0237. The molecule has 0 saturated heterocycles. The summed E-state index contributed by atoms with van der Waals surface area (Å²) in [5, 5.41) is 2.74. The molecule has 9 heteroatoms. The fraction of sp³-hybridized carbons (Fsp3) is 0.250. The maximum Gasteiger partial charge on any atom is 0.279 e. The van der Waals surface area contributed by atoms with Crippen LogP contribution < -0.4 is 20.9 Å². The standard InChI is InChI=1S/C20H22FN3O4S/c1-13-6-5-7-15(10-13)22-18(25)11-29-12-19(26)23-24-20(27)14(2)28-17-9-4-3-8-16(17)21/h3-10,14H,11-12H2,1-2H3,(H,22,25)(H,23,26)(H,24,27). The zero-order chi connectivity index (χ0) is 21.2. The summed E-state index contributed by atoms with van der Waals surface area (Å²) < 4.78 is 18.7. The molecule has 29 heavy (non-hydrogen) atoms. The van der Waals surface area contributed by atoms with Gasteiger partial charge in [-0.3, -0.25) is 25.2 Å². The molecule has 1 atom stereocenters. The SMILES string of the molecule is Cc1cccc(NC(=O)CSCC(=O)NNC(=O)C(C)Oc2ccccc2F)c1. The van der Waals surface area contributed by atoms with E-state index in [0.29, 0.717) is 5.69 Å². The molecule has 0 aliphatic rings. The maximum absolute atomic E-state index is 13.5. The molecule has 2 aromatic carbocycles. The summed E-state index contributed by atoms with van der Waals surface area (Å²) >= 11 is 1.10. The predicted molar refractivity (Wildman–Crippen MR) is 110 cm³/mol. The van der Waals surface area contributed by atoms with E-state index in [0.717, 1.165) is 17.3 Å². The highest BCUT2D eigenvalue weighted by atomic mass is 32.2. The normalized spacial score (nSPS) is 11.3. The Kier molecular flexibility index (Phi) is 8.47. The van der Waals surface area contributed by atoms with Gasteiger partial charge in [0, 0.05) is 5.69 Å². The fourth-order valence-corrected chi connectivity index (χ4v) is 2.83. The maximum atomic E-state index is 13.5. The number of carbonyl (C=O) groups is 3. The number of halogens is 1. The third-order valence-corrected chi connectivity index (χ3v) is 4.54. The van der Waals surface area contributed by atoms with Crippen LogP contribution in [-0.2, 0) is 14.4 Å². The number of amides is 3. The van der Waals surface area contributed by atoms with Gasteiger partial charge in [0.25, 0.3) is 5.91 Å². The number of benzene rings is 2. The van der Waals surface area contributed by atoms with Crippen molar-refractivity contribution >= 4 is 35.2 Å².